The maximum absolute atomic E-state index is 12.7. The Balaban J connectivity index is 1.59. The van der Waals surface area contributed by atoms with Crippen molar-refractivity contribution < 1.29 is 9.59 Å². The van der Waals surface area contributed by atoms with Crippen LogP contribution in [0.2, 0.25) is 0 Å². The quantitative estimate of drug-likeness (QED) is 0.775. The summed E-state index contributed by atoms with van der Waals surface area (Å²) in [5.41, 5.74) is 1.86. The van der Waals surface area contributed by atoms with E-state index in [1.54, 1.807) is 15.9 Å². The van der Waals surface area contributed by atoms with Crippen LogP contribution in [0.15, 0.2) is 36.9 Å². The fraction of sp³-hybridized carbons (Fsp3) is 0.474. The standard InChI is InChI=1S/C19H26N6O2/c1-23(2)9-10-24-12-16(7-8-18(24)26)19(27)21-11-15-5-3-4-6-17(15)25-14-20-13-22-25/h3-6,13-14,16H,7-12H2,1-2H3,(H,21,27)/t16-/m1/s1. The smallest absolute Gasteiger partial charge is 0.225 e. The summed E-state index contributed by atoms with van der Waals surface area (Å²) in [5, 5.41) is 7.18. The third-order valence-electron chi connectivity index (χ3n) is 4.80. The molecule has 1 N–H and O–H groups in total. The van der Waals surface area contributed by atoms with E-state index in [1.807, 2.05) is 43.3 Å². The monoisotopic (exact) mass is 370 g/mol. The van der Waals surface area contributed by atoms with Gasteiger partial charge in [-0.05, 0) is 32.1 Å². The molecule has 8 heteroatoms. The lowest BCUT2D eigenvalue weighted by molar-refractivity contribution is -0.138. The first-order valence-electron chi connectivity index (χ1n) is 9.17. The minimum absolute atomic E-state index is 0.00857. The van der Waals surface area contributed by atoms with Crippen LogP contribution in [-0.2, 0) is 16.1 Å². The van der Waals surface area contributed by atoms with Crippen molar-refractivity contribution in [2.75, 3.05) is 33.7 Å². The maximum atomic E-state index is 12.7. The predicted molar refractivity (Wildman–Crippen MR) is 101 cm³/mol. The second kappa shape index (κ2) is 8.77. The summed E-state index contributed by atoms with van der Waals surface area (Å²) in [7, 11) is 3.95. The number of carbonyl (C=O) groups excluding carboxylic acids is 2. The van der Waals surface area contributed by atoms with Crippen molar-refractivity contribution in [1.29, 1.82) is 0 Å². The molecule has 0 radical (unpaired) electrons. The Morgan fingerprint density at radius 2 is 2.15 bits per heavy atom. The lowest BCUT2D eigenvalue weighted by Crippen LogP contribution is -2.47. The number of nitrogens with one attached hydrogen (secondary N) is 1. The Morgan fingerprint density at radius 3 is 2.89 bits per heavy atom. The number of aromatic nitrogens is 3. The number of rotatable bonds is 7. The highest BCUT2D eigenvalue weighted by molar-refractivity contribution is 5.83. The van der Waals surface area contributed by atoms with E-state index in [0.29, 0.717) is 32.5 Å². The van der Waals surface area contributed by atoms with Gasteiger partial charge in [0.15, 0.2) is 0 Å². The topological polar surface area (TPSA) is 83.4 Å². The number of likely N-dealkylation sites (tertiary alicyclic amines) is 1. The molecule has 0 spiro atoms. The molecule has 1 aliphatic rings. The molecule has 2 amide bonds. The largest absolute Gasteiger partial charge is 0.352 e. The number of likely N-dealkylation sites (N-methyl/N-ethyl adjacent to an activating group) is 1. The molecule has 8 nitrogen and oxygen atoms in total. The molecule has 2 aromatic rings. The van der Waals surface area contributed by atoms with Crippen molar-refractivity contribution in [2.24, 2.45) is 5.92 Å². The van der Waals surface area contributed by atoms with Crippen LogP contribution in [0, 0.1) is 5.92 Å². The molecule has 1 saturated heterocycles. The summed E-state index contributed by atoms with van der Waals surface area (Å²) in [6.07, 6.45) is 4.15. The summed E-state index contributed by atoms with van der Waals surface area (Å²) in [5.74, 6) is -0.0356. The second-order valence-electron chi connectivity index (χ2n) is 7.07. The number of piperidine rings is 1. The van der Waals surface area contributed by atoms with Crippen molar-refractivity contribution >= 4 is 11.8 Å². The minimum atomic E-state index is -0.164. The fourth-order valence-corrected chi connectivity index (χ4v) is 3.21. The van der Waals surface area contributed by atoms with Gasteiger partial charge in [-0.2, -0.15) is 5.10 Å². The van der Waals surface area contributed by atoms with Crippen molar-refractivity contribution in [3.8, 4) is 5.69 Å². The van der Waals surface area contributed by atoms with Gasteiger partial charge in [-0.25, -0.2) is 9.67 Å². The third-order valence-corrected chi connectivity index (χ3v) is 4.80. The molecule has 1 fully saturated rings. The Hall–Kier alpha value is -2.74. The van der Waals surface area contributed by atoms with Crippen LogP contribution in [0.4, 0.5) is 0 Å². The van der Waals surface area contributed by atoms with E-state index < -0.39 is 0 Å². The van der Waals surface area contributed by atoms with Crippen LogP contribution in [-0.4, -0.2) is 70.1 Å². The molecule has 0 bridgehead atoms. The van der Waals surface area contributed by atoms with Gasteiger partial charge < -0.3 is 15.1 Å². The fourth-order valence-electron chi connectivity index (χ4n) is 3.21. The second-order valence-corrected chi connectivity index (χ2v) is 7.07. The SMILES string of the molecule is CN(C)CCN1C[C@H](C(=O)NCc2ccccc2-n2cncn2)CCC1=O. The van der Waals surface area contributed by atoms with Crippen molar-refractivity contribution in [3.05, 3.63) is 42.5 Å². The van der Waals surface area contributed by atoms with Gasteiger partial charge in [-0.15, -0.1) is 0 Å². The molecule has 144 valence electrons. The van der Waals surface area contributed by atoms with E-state index in [0.717, 1.165) is 17.8 Å². The summed E-state index contributed by atoms with van der Waals surface area (Å²) in [6.45, 7) is 2.36. The predicted octanol–water partition coefficient (Wildman–Crippen LogP) is 0.684. The molecule has 27 heavy (non-hydrogen) atoms. The molecule has 1 aliphatic heterocycles. The van der Waals surface area contributed by atoms with E-state index in [9.17, 15) is 9.59 Å². The molecule has 2 heterocycles. The zero-order valence-electron chi connectivity index (χ0n) is 15.8. The van der Waals surface area contributed by atoms with Crippen molar-refractivity contribution in [2.45, 2.75) is 19.4 Å². The molecule has 0 saturated carbocycles. The van der Waals surface area contributed by atoms with Gasteiger partial charge in [-0.3, -0.25) is 9.59 Å². The first kappa shape index (κ1) is 19.0. The average molecular weight is 370 g/mol. The van der Waals surface area contributed by atoms with Crippen molar-refractivity contribution in [1.82, 2.24) is 29.9 Å². The van der Waals surface area contributed by atoms with E-state index in [-0.39, 0.29) is 17.7 Å². The number of para-hydroxylation sites is 1. The summed E-state index contributed by atoms with van der Waals surface area (Å²) >= 11 is 0. The summed E-state index contributed by atoms with van der Waals surface area (Å²) in [4.78, 5) is 32.6. The maximum Gasteiger partial charge on any atom is 0.225 e. The minimum Gasteiger partial charge on any atom is -0.352 e. The highest BCUT2D eigenvalue weighted by Gasteiger charge is 2.29. The Morgan fingerprint density at radius 1 is 1.33 bits per heavy atom. The lowest BCUT2D eigenvalue weighted by Gasteiger charge is -2.32. The molecule has 3 rings (SSSR count). The molecule has 1 atom stereocenters. The Labute approximate surface area is 159 Å². The van der Waals surface area contributed by atoms with E-state index in [4.69, 9.17) is 0 Å². The lowest BCUT2D eigenvalue weighted by atomic mass is 9.96. The Bertz CT molecular complexity index is 774. The zero-order valence-corrected chi connectivity index (χ0v) is 15.8. The van der Waals surface area contributed by atoms with Gasteiger partial charge in [0.1, 0.15) is 12.7 Å². The number of carbonyl (C=O) groups is 2. The molecule has 0 aliphatic carbocycles. The first-order chi connectivity index (χ1) is 13.0. The van der Waals surface area contributed by atoms with Gasteiger partial charge in [0.05, 0.1) is 11.6 Å². The van der Waals surface area contributed by atoms with Crippen LogP contribution in [0.25, 0.3) is 5.69 Å². The number of benzene rings is 1. The molecular weight excluding hydrogens is 344 g/mol. The van der Waals surface area contributed by atoms with Crippen molar-refractivity contribution in [3.63, 3.8) is 0 Å². The van der Waals surface area contributed by atoms with Crippen LogP contribution >= 0.6 is 0 Å². The summed E-state index contributed by atoms with van der Waals surface area (Å²) in [6, 6.07) is 7.77. The molecule has 1 aromatic heterocycles. The van der Waals surface area contributed by atoms with Crippen LogP contribution < -0.4 is 5.32 Å². The third kappa shape index (κ3) is 4.91. The molecule has 1 aromatic carbocycles. The molecular formula is C19H26N6O2. The van der Waals surface area contributed by atoms with Crippen LogP contribution in [0.1, 0.15) is 18.4 Å². The van der Waals surface area contributed by atoms with Gasteiger partial charge in [-0.1, -0.05) is 18.2 Å². The number of amides is 2. The van der Waals surface area contributed by atoms with Gasteiger partial charge in [0.25, 0.3) is 0 Å². The van der Waals surface area contributed by atoms with E-state index in [1.165, 1.54) is 6.33 Å². The zero-order chi connectivity index (χ0) is 19.2. The highest BCUT2D eigenvalue weighted by atomic mass is 16.2. The van der Waals surface area contributed by atoms with Gasteiger partial charge >= 0.3 is 0 Å². The van der Waals surface area contributed by atoms with Gasteiger partial charge in [0.2, 0.25) is 11.8 Å². The van der Waals surface area contributed by atoms with Gasteiger partial charge in [0, 0.05) is 32.6 Å². The number of hydrogen-bond donors (Lipinski definition) is 1. The Kier molecular flexibility index (Phi) is 6.18. The normalized spacial score (nSPS) is 17.4. The molecule has 0 unspecified atom stereocenters. The van der Waals surface area contributed by atoms with E-state index in [2.05, 4.69) is 15.4 Å². The highest BCUT2D eigenvalue weighted by Crippen LogP contribution is 2.18. The number of nitrogens with zero attached hydrogens (tertiary/aromatic N) is 5. The first-order valence-corrected chi connectivity index (χ1v) is 9.17. The van der Waals surface area contributed by atoms with E-state index >= 15 is 0 Å². The van der Waals surface area contributed by atoms with Crippen LogP contribution in [0.3, 0.4) is 0 Å². The summed E-state index contributed by atoms with van der Waals surface area (Å²) < 4.78 is 1.68. The number of hydrogen-bond acceptors (Lipinski definition) is 5. The van der Waals surface area contributed by atoms with Crippen LogP contribution in [0.5, 0.6) is 0 Å². The average Bonchev–Trinajstić information content (AvgIpc) is 3.20.